The smallest absolute Gasteiger partial charge is 0.356 e. The number of nitrogens with zero attached hydrogens (tertiary/aromatic N) is 2. The molecule has 5 rings (SSSR count). The molecular formula is C31H46N2O4. The number of allylic oxidation sites excluding steroid dienone is 1. The van der Waals surface area contributed by atoms with Crippen molar-refractivity contribution in [3.63, 3.8) is 0 Å². The van der Waals surface area contributed by atoms with Gasteiger partial charge in [0.15, 0.2) is 5.69 Å². The highest BCUT2D eigenvalue weighted by Crippen LogP contribution is 2.69. The number of carbonyl (C=O) groups is 1. The maximum atomic E-state index is 11.9. The van der Waals surface area contributed by atoms with E-state index in [1.165, 1.54) is 25.7 Å². The van der Waals surface area contributed by atoms with Gasteiger partial charge in [0.1, 0.15) is 0 Å². The van der Waals surface area contributed by atoms with E-state index in [9.17, 15) is 20.1 Å². The summed E-state index contributed by atoms with van der Waals surface area (Å²) in [6.45, 7) is 9.63. The third kappa shape index (κ3) is 4.46. The molecule has 3 N–H and O–H groups in total. The number of hydrogen-bond acceptors (Lipinski definition) is 5. The quantitative estimate of drug-likeness (QED) is 0.444. The first-order chi connectivity index (χ1) is 17.6. The van der Waals surface area contributed by atoms with Crippen LogP contribution in [0.1, 0.15) is 102 Å². The number of aromatic nitrogens is 2. The summed E-state index contributed by atoms with van der Waals surface area (Å²) >= 11 is 0. The van der Waals surface area contributed by atoms with Gasteiger partial charge in [-0.15, -0.1) is 5.10 Å². The molecular weight excluding hydrogens is 464 g/mol. The topological polar surface area (TPSA) is 104 Å². The highest BCUT2D eigenvalue weighted by atomic mass is 16.4. The molecule has 0 amide bonds. The maximum absolute atomic E-state index is 11.9. The van der Waals surface area contributed by atoms with Crippen molar-refractivity contribution in [2.45, 2.75) is 97.7 Å². The van der Waals surface area contributed by atoms with E-state index >= 15 is 0 Å². The SMILES string of the molecule is CC[C@H]1[C@@H](O)C2C(CC[C@@]3(C)C2CC[C@@H]3[C@H](C)C/C=C/c2cnnc(C(=O)O)c2)C2(C)CC[C@@H](O)C[C@@H]12. The monoisotopic (exact) mass is 510 g/mol. The van der Waals surface area contributed by atoms with Crippen LogP contribution in [0.3, 0.4) is 0 Å². The van der Waals surface area contributed by atoms with Crippen molar-refractivity contribution in [2.75, 3.05) is 0 Å². The summed E-state index contributed by atoms with van der Waals surface area (Å²) in [7, 11) is 0. The number of aromatic carboxylic acids is 1. The minimum absolute atomic E-state index is 0.0297. The van der Waals surface area contributed by atoms with Crippen LogP contribution in [0.15, 0.2) is 18.3 Å². The molecule has 0 spiro atoms. The van der Waals surface area contributed by atoms with Gasteiger partial charge in [-0.05, 0) is 115 Å². The van der Waals surface area contributed by atoms with Crippen LogP contribution in [0.2, 0.25) is 0 Å². The number of aliphatic hydroxyl groups excluding tert-OH is 2. The standard InChI is InChI=1S/C31H46N2O4/c1-5-21-25-16-20(34)11-13-31(25,4)24-12-14-30(3)22(9-10-23(30)27(24)28(21)35)18(2)7-6-8-19-15-26(29(36)37)33-32-17-19/h6,8,15,17-18,20-25,27-28,34-35H,5,7,9-14,16H2,1-4H3,(H,36,37)/b8-6+/t18-,20-,21-,22-,23?,24?,25+,27?,28-,30-,31?/m1/s1. The fourth-order valence-corrected chi connectivity index (χ4v) is 10.1. The lowest BCUT2D eigenvalue weighted by molar-refractivity contribution is -0.203. The lowest BCUT2D eigenvalue weighted by Gasteiger charge is -2.64. The molecule has 4 unspecified atom stereocenters. The Hall–Kier alpha value is -1.79. The Bertz CT molecular complexity index is 1030. The molecule has 1 aromatic heterocycles. The van der Waals surface area contributed by atoms with E-state index in [4.69, 9.17) is 0 Å². The molecule has 4 fully saturated rings. The van der Waals surface area contributed by atoms with E-state index in [0.717, 1.165) is 37.7 Å². The van der Waals surface area contributed by atoms with E-state index in [1.807, 2.05) is 6.08 Å². The highest BCUT2D eigenvalue weighted by molar-refractivity contribution is 5.85. The summed E-state index contributed by atoms with van der Waals surface area (Å²) in [6.07, 6.45) is 15.0. The molecule has 0 bridgehead atoms. The molecule has 11 atom stereocenters. The van der Waals surface area contributed by atoms with Crippen LogP contribution in [-0.4, -0.2) is 43.7 Å². The van der Waals surface area contributed by atoms with Crippen molar-refractivity contribution >= 4 is 12.0 Å². The van der Waals surface area contributed by atoms with Crippen molar-refractivity contribution in [3.8, 4) is 0 Å². The molecule has 37 heavy (non-hydrogen) atoms. The lowest BCUT2D eigenvalue weighted by atomic mass is 9.41. The fraction of sp³-hybridized carbons (Fsp3) is 0.774. The van der Waals surface area contributed by atoms with Crippen LogP contribution >= 0.6 is 0 Å². The summed E-state index contributed by atoms with van der Waals surface area (Å²) < 4.78 is 0. The van der Waals surface area contributed by atoms with E-state index in [1.54, 1.807) is 12.3 Å². The molecule has 6 nitrogen and oxygen atoms in total. The average Bonchev–Trinajstić information content (AvgIpc) is 3.22. The number of hydrogen-bond donors (Lipinski definition) is 3. The van der Waals surface area contributed by atoms with Gasteiger partial charge in [0, 0.05) is 0 Å². The molecule has 0 aliphatic heterocycles. The lowest BCUT2D eigenvalue weighted by Crippen LogP contribution is -2.62. The van der Waals surface area contributed by atoms with Gasteiger partial charge in [0.05, 0.1) is 18.4 Å². The van der Waals surface area contributed by atoms with Gasteiger partial charge in [-0.25, -0.2) is 4.79 Å². The zero-order valence-corrected chi connectivity index (χ0v) is 23.0. The van der Waals surface area contributed by atoms with Crippen molar-refractivity contribution < 1.29 is 20.1 Å². The third-order valence-electron chi connectivity index (χ3n) is 11.9. The Morgan fingerprint density at radius 2 is 1.84 bits per heavy atom. The minimum Gasteiger partial charge on any atom is -0.476 e. The molecule has 0 aromatic carbocycles. The first-order valence-electron chi connectivity index (χ1n) is 14.7. The second-order valence-corrected chi connectivity index (χ2v) is 13.4. The van der Waals surface area contributed by atoms with Gasteiger partial charge in [-0.3, -0.25) is 0 Å². The van der Waals surface area contributed by atoms with Gasteiger partial charge in [0.25, 0.3) is 0 Å². The van der Waals surface area contributed by atoms with Crippen LogP contribution in [-0.2, 0) is 0 Å². The fourth-order valence-electron chi connectivity index (χ4n) is 10.1. The van der Waals surface area contributed by atoms with Crippen molar-refractivity contribution in [1.82, 2.24) is 10.2 Å². The molecule has 1 heterocycles. The minimum atomic E-state index is -1.06. The van der Waals surface area contributed by atoms with Crippen LogP contribution in [0.5, 0.6) is 0 Å². The number of carboxylic acid groups (broad SMARTS) is 1. The van der Waals surface area contributed by atoms with Crippen molar-refractivity contribution in [3.05, 3.63) is 29.6 Å². The van der Waals surface area contributed by atoms with Crippen molar-refractivity contribution in [2.24, 2.45) is 52.3 Å². The molecule has 0 radical (unpaired) electrons. The van der Waals surface area contributed by atoms with Gasteiger partial charge in [-0.2, -0.15) is 5.10 Å². The second kappa shape index (κ2) is 10.1. The van der Waals surface area contributed by atoms with Gasteiger partial charge in [0.2, 0.25) is 0 Å². The van der Waals surface area contributed by atoms with Crippen LogP contribution < -0.4 is 0 Å². The Morgan fingerprint density at radius 1 is 1.11 bits per heavy atom. The van der Waals surface area contributed by atoms with E-state index in [-0.39, 0.29) is 28.7 Å². The third-order valence-corrected chi connectivity index (χ3v) is 11.9. The molecule has 1 aromatic rings. The summed E-state index contributed by atoms with van der Waals surface area (Å²) in [5.41, 5.74) is 1.23. The van der Waals surface area contributed by atoms with Crippen molar-refractivity contribution in [1.29, 1.82) is 0 Å². The van der Waals surface area contributed by atoms with E-state index in [2.05, 4.69) is 44.0 Å². The average molecular weight is 511 g/mol. The molecule has 4 aliphatic rings. The van der Waals surface area contributed by atoms with Gasteiger partial charge < -0.3 is 15.3 Å². The molecule has 4 aliphatic carbocycles. The molecule has 4 saturated carbocycles. The maximum Gasteiger partial charge on any atom is 0.356 e. The highest BCUT2D eigenvalue weighted by Gasteiger charge is 2.64. The Labute approximate surface area is 222 Å². The van der Waals surface area contributed by atoms with Gasteiger partial charge in [-0.1, -0.05) is 46.3 Å². The summed E-state index contributed by atoms with van der Waals surface area (Å²) in [6, 6.07) is 1.57. The normalized spacial score (nSPS) is 44.2. The largest absolute Gasteiger partial charge is 0.476 e. The van der Waals surface area contributed by atoms with E-state index < -0.39 is 5.97 Å². The molecule has 204 valence electrons. The molecule has 0 saturated heterocycles. The predicted octanol–water partition coefficient (Wildman–Crippen LogP) is 5.84. The number of carboxylic acids is 1. The number of rotatable bonds is 6. The molecule has 6 heteroatoms. The number of fused-ring (bicyclic) bond motifs is 5. The Morgan fingerprint density at radius 3 is 2.57 bits per heavy atom. The first-order valence-corrected chi connectivity index (χ1v) is 14.7. The zero-order chi connectivity index (χ0) is 26.5. The summed E-state index contributed by atoms with van der Waals surface area (Å²) in [4.78, 5) is 11.2. The second-order valence-electron chi connectivity index (χ2n) is 13.4. The Balaban J connectivity index is 1.33. The van der Waals surface area contributed by atoms with Crippen LogP contribution in [0.4, 0.5) is 0 Å². The number of aliphatic hydroxyl groups is 2. The zero-order valence-electron chi connectivity index (χ0n) is 23.0. The summed E-state index contributed by atoms with van der Waals surface area (Å²) in [5, 5.41) is 39.0. The predicted molar refractivity (Wildman–Crippen MR) is 144 cm³/mol. The first kappa shape index (κ1) is 26.8. The van der Waals surface area contributed by atoms with Gasteiger partial charge >= 0.3 is 5.97 Å². The van der Waals surface area contributed by atoms with E-state index in [0.29, 0.717) is 41.4 Å². The van der Waals surface area contributed by atoms with Crippen LogP contribution in [0, 0.1) is 52.3 Å². The Kier molecular flexibility index (Phi) is 7.29. The van der Waals surface area contributed by atoms with Crippen LogP contribution in [0.25, 0.3) is 6.08 Å². The summed E-state index contributed by atoms with van der Waals surface area (Å²) in [5.74, 6) is 2.34.